The van der Waals surface area contributed by atoms with Gasteiger partial charge in [-0.05, 0) is 132 Å². The van der Waals surface area contributed by atoms with Gasteiger partial charge >= 0.3 is 0 Å². The van der Waals surface area contributed by atoms with E-state index in [1.54, 1.807) is 19.1 Å². The molecule has 17 nitrogen and oxygen atoms in total. The molecule has 1 amide bonds. The fourth-order valence-electron chi connectivity index (χ4n) is 12.8. The van der Waals surface area contributed by atoms with E-state index in [9.17, 15) is 28.4 Å². The van der Waals surface area contributed by atoms with E-state index in [4.69, 9.17) is 14.2 Å². The molecule has 2 aliphatic carbocycles. The molecule has 1 spiro atoms. The Morgan fingerprint density at radius 2 is 1.77 bits per heavy atom. The molecule has 0 unspecified atom stereocenters. The van der Waals surface area contributed by atoms with Gasteiger partial charge in [0.05, 0.1) is 32.4 Å². The van der Waals surface area contributed by atoms with E-state index in [0.29, 0.717) is 56.7 Å². The standard InChI is InChI=1S/C55H67FN8O9S/c1-33(2)39-8-5-6-9-40(39)45-10-7-20-63(45)36-28-55(29-36)18-22-62(23-19-55)35-11-12-41(47(24-35)73-49-27-42-43(56)30-57-51(42)59-53(49)72-37-15-21-61(4)31-37)52(65)60-74(69,70)38-25-46(64(67)68)50-48(26-38)71-32-44(58-50)34-13-16-54(3,66)17-14-34/h5-6,8-9,11-12,24-27,30,33-34,36-37,44-45,58,66H,7,10,13-23,28-29,31-32H2,1-4H3,(H,57,59)(H,60,65)/t34?,37-,44-,45+,54?/m1/s1. The van der Waals surface area contributed by atoms with E-state index < -0.39 is 42.9 Å². The molecule has 74 heavy (non-hydrogen) atoms. The van der Waals surface area contributed by atoms with E-state index in [1.807, 2.05) is 7.05 Å². The molecule has 5 fully saturated rings. The maximum Gasteiger partial charge on any atom is 0.297 e. The highest BCUT2D eigenvalue weighted by atomic mass is 32.2. The fourth-order valence-corrected chi connectivity index (χ4v) is 13.8. The maximum atomic E-state index is 15.2. The number of halogens is 1. The number of nitrogens with zero attached hydrogens (tertiary/aromatic N) is 5. The normalized spacial score (nSPS) is 25.4. The van der Waals surface area contributed by atoms with Gasteiger partial charge in [-0.2, -0.15) is 4.98 Å². The molecular weight excluding hydrogens is 968 g/mol. The smallest absolute Gasteiger partial charge is 0.297 e. The number of hydrogen-bond acceptors (Lipinski definition) is 14. The van der Waals surface area contributed by atoms with Crippen molar-refractivity contribution >= 4 is 44.0 Å². The van der Waals surface area contributed by atoms with Crippen LogP contribution < -0.4 is 29.1 Å². The molecule has 0 radical (unpaired) electrons. The number of carbonyl (C=O) groups excluding carboxylic acids is 1. The van der Waals surface area contributed by atoms with Crippen molar-refractivity contribution in [1.29, 1.82) is 0 Å². The summed E-state index contributed by atoms with van der Waals surface area (Å²) < 4.78 is 64.8. The van der Waals surface area contributed by atoms with Gasteiger partial charge in [0.15, 0.2) is 17.2 Å². The highest BCUT2D eigenvalue weighted by Crippen LogP contribution is 2.55. The minimum Gasteiger partial charge on any atom is -0.489 e. The second-order valence-electron chi connectivity index (χ2n) is 22.5. The zero-order valence-electron chi connectivity index (χ0n) is 42.6. The largest absolute Gasteiger partial charge is 0.489 e. The van der Waals surface area contributed by atoms with Crippen LogP contribution in [0.15, 0.2) is 71.8 Å². The first kappa shape index (κ1) is 50.2. The van der Waals surface area contributed by atoms with Crippen LogP contribution in [0.4, 0.5) is 21.5 Å². The Morgan fingerprint density at radius 1 is 1.00 bits per heavy atom. The van der Waals surface area contributed by atoms with Gasteiger partial charge in [-0.25, -0.2) is 17.5 Å². The lowest BCUT2D eigenvalue weighted by atomic mass is 9.59. The molecule has 19 heteroatoms. The number of benzene rings is 3. The Kier molecular flexibility index (Phi) is 13.3. The predicted molar refractivity (Wildman–Crippen MR) is 278 cm³/mol. The van der Waals surface area contributed by atoms with Crippen LogP contribution in [-0.2, 0) is 10.0 Å². The minimum absolute atomic E-state index is 0.0225. The van der Waals surface area contributed by atoms with Crippen molar-refractivity contribution in [2.75, 3.05) is 56.6 Å². The molecule has 5 aromatic rings. The van der Waals surface area contributed by atoms with Crippen LogP contribution >= 0.6 is 0 Å². The fraction of sp³-hybridized carbons (Fsp3) is 0.527. The lowest BCUT2D eigenvalue weighted by Gasteiger charge is -2.56. The van der Waals surface area contributed by atoms with Crippen molar-refractivity contribution in [3.8, 4) is 23.1 Å². The summed E-state index contributed by atoms with van der Waals surface area (Å²) in [4.78, 5) is 40.4. The summed E-state index contributed by atoms with van der Waals surface area (Å²) >= 11 is 0. The highest BCUT2D eigenvalue weighted by molar-refractivity contribution is 7.90. The van der Waals surface area contributed by atoms with Gasteiger partial charge in [0.1, 0.15) is 29.9 Å². The van der Waals surface area contributed by atoms with Crippen molar-refractivity contribution in [1.82, 2.24) is 24.5 Å². The average Bonchev–Trinajstić information content (AvgIpc) is 4.12. The zero-order chi connectivity index (χ0) is 51.7. The number of rotatable bonds is 13. The van der Waals surface area contributed by atoms with Crippen LogP contribution in [0, 0.1) is 27.3 Å². The number of aliphatic hydroxyl groups is 1. The van der Waals surface area contributed by atoms with Crippen molar-refractivity contribution in [2.24, 2.45) is 11.3 Å². The van der Waals surface area contributed by atoms with Crippen LogP contribution in [0.5, 0.6) is 23.1 Å². The zero-order valence-corrected chi connectivity index (χ0v) is 43.4. The van der Waals surface area contributed by atoms with Gasteiger partial charge in [-0.3, -0.25) is 19.8 Å². The molecule has 2 saturated carbocycles. The number of likely N-dealkylation sites (N-methyl/N-ethyl adjacent to an activating group) is 1. The van der Waals surface area contributed by atoms with Crippen molar-refractivity contribution in [3.05, 3.63) is 99.5 Å². The number of amides is 1. The molecule has 394 valence electrons. The van der Waals surface area contributed by atoms with Crippen LogP contribution in [0.3, 0.4) is 0 Å². The van der Waals surface area contributed by atoms with Crippen LogP contribution in [0.1, 0.15) is 125 Å². The topological polar surface area (TPSA) is 205 Å². The quantitative estimate of drug-likeness (QED) is 0.0641. The Balaban J connectivity index is 0.854. The molecule has 3 atom stereocenters. The number of pyridine rings is 1. The molecule has 6 heterocycles. The number of carbonyl (C=O) groups is 1. The number of piperidine rings is 1. The third-order valence-electron chi connectivity index (χ3n) is 17.1. The number of anilines is 2. The SMILES string of the molecule is CC(C)c1ccccc1[C@@H]1CCCN1C1CC2(CCN(c3ccc(C(=O)NS(=O)(=O)c4cc5c(c([N+](=O)[O-])c4)N[C@@H](C4CCC(C)(O)CC4)CO5)c(Oc4cc5c(F)c[nH]c5nc4O[C@@H]4CCN(C)C4)c3)CC2)C1. The van der Waals surface area contributed by atoms with Gasteiger partial charge < -0.3 is 39.4 Å². The number of nitrogens with one attached hydrogen (secondary N) is 3. The van der Waals surface area contributed by atoms with Gasteiger partial charge in [0.25, 0.3) is 27.5 Å². The van der Waals surface area contributed by atoms with E-state index >= 15 is 4.39 Å². The Labute approximate surface area is 431 Å². The van der Waals surface area contributed by atoms with Gasteiger partial charge in [-0.15, -0.1) is 0 Å². The van der Waals surface area contributed by atoms with Crippen molar-refractivity contribution < 1.29 is 41.8 Å². The van der Waals surface area contributed by atoms with Gasteiger partial charge in [0.2, 0.25) is 0 Å². The summed E-state index contributed by atoms with van der Waals surface area (Å²) in [5.74, 6) is -1.04. The number of fused-ring (bicyclic) bond motifs is 2. The molecule has 3 aromatic carbocycles. The summed E-state index contributed by atoms with van der Waals surface area (Å²) in [6, 6.07) is 18.1. The third kappa shape index (κ3) is 9.87. The number of aromatic amines is 1. The monoisotopic (exact) mass is 1030 g/mol. The molecule has 6 aliphatic rings. The number of nitro benzene ring substituents is 1. The van der Waals surface area contributed by atoms with Gasteiger partial charge in [-0.1, -0.05) is 38.1 Å². The first-order valence-corrected chi connectivity index (χ1v) is 27.9. The summed E-state index contributed by atoms with van der Waals surface area (Å²) in [6.45, 7) is 10.5. The predicted octanol–water partition coefficient (Wildman–Crippen LogP) is 9.43. The number of ether oxygens (including phenoxy) is 3. The number of H-pyrrole nitrogens is 1. The first-order valence-electron chi connectivity index (χ1n) is 26.4. The lowest BCUT2D eigenvalue weighted by Crippen LogP contribution is -2.54. The van der Waals surface area contributed by atoms with E-state index in [0.717, 1.165) is 63.6 Å². The second-order valence-corrected chi connectivity index (χ2v) is 24.2. The van der Waals surface area contributed by atoms with Crippen molar-refractivity contribution in [2.45, 2.75) is 132 Å². The van der Waals surface area contributed by atoms with Crippen LogP contribution in [-0.4, -0.2) is 114 Å². The second kappa shape index (κ2) is 19.6. The first-order chi connectivity index (χ1) is 35.4. The van der Waals surface area contributed by atoms with E-state index in [1.165, 1.54) is 48.4 Å². The molecule has 3 saturated heterocycles. The number of hydrogen-bond donors (Lipinski definition) is 4. The Bertz CT molecular complexity index is 3070. The number of aromatic nitrogens is 2. The molecular formula is C55H67FN8O9S. The number of sulfonamides is 1. The Hall–Kier alpha value is -6.02. The number of likely N-dealkylation sites (tertiary alicyclic amines) is 2. The van der Waals surface area contributed by atoms with Gasteiger partial charge in [0, 0.05) is 74.4 Å². The summed E-state index contributed by atoms with van der Waals surface area (Å²) in [5.41, 5.74) is 2.74. The molecule has 4 N–H and O–H groups in total. The molecule has 0 bridgehead atoms. The summed E-state index contributed by atoms with van der Waals surface area (Å²) in [5, 5.41) is 26.4. The lowest BCUT2D eigenvalue weighted by molar-refractivity contribution is -0.384. The van der Waals surface area contributed by atoms with Crippen LogP contribution in [0.2, 0.25) is 0 Å². The maximum absolute atomic E-state index is 15.2. The summed E-state index contributed by atoms with van der Waals surface area (Å²) in [6.07, 6.45) is 10.8. The average molecular weight is 1040 g/mol. The summed E-state index contributed by atoms with van der Waals surface area (Å²) in [7, 11) is -2.79. The molecule has 4 aliphatic heterocycles. The third-order valence-corrected chi connectivity index (χ3v) is 18.4. The van der Waals surface area contributed by atoms with E-state index in [-0.39, 0.29) is 75.5 Å². The van der Waals surface area contributed by atoms with E-state index in [2.05, 4.69) is 72.8 Å². The van der Waals surface area contributed by atoms with Crippen molar-refractivity contribution in [3.63, 3.8) is 0 Å². The minimum atomic E-state index is -4.77. The van der Waals surface area contributed by atoms with Crippen LogP contribution in [0.25, 0.3) is 11.0 Å². The molecule has 11 rings (SSSR count). The molecule has 2 aromatic heterocycles. The highest BCUT2D eigenvalue weighted by Gasteiger charge is 2.50. The number of nitro groups is 1. The Morgan fingerprint density at radius 3 is 2.50 bits per heavy atom.